The van der Waals surface area contributed by atoms with E-state index in [0.29, 0.717) is 0 Å². The molecule has 1 rings (SSSR count). The number of carbonyl (C=O) groups is 1. The molecule has 0 aliphatic heterocycles. The van der Waals surface area contributed by atoms with E-state index < -0.39 is 17.7 Å². The van der Waals surface area contributed by atoms with Gasteiger partial charge < -0.3 is 10.8 Å². The summed E-state index contributed by atoms with van der Waals surface area (Å²) in [6.07, 6.45) is -4.30. The third-order valence-electron chi connectivity index (χ3n) is 1.35. The Labute approximate surface area is 95.5 Å². The molecule has 90 valence electrons. The molecule has 0 amide bonds. The predicted octanol–water partition coefficient (Wildman–Crippen LogP) is 2.29. The van der Waals surface area contributed by atoms with Gasteiger partial charge in [0.1, 0.15) is 0 Å². The number of hydrogen-bond donors (Lipinski definition) is 3. The van der Waals surface area contributed by atoms with Gasteiger partial charge in [-0.15, -0.1) is 0 Å². The van der Waals surface area contributed by atoms with E-state index in [4.69, 9.17) is 10.8 Å². The van der Waals surface area contributed by atoms with Crippen molar-refractivity contribution in [2.75, 3.05) is 11.5 Å². The van der Waals surface area contributed by atoms with Crippen LogP contribution in [0.15, 0.2) is 24.3 Å². The number of rotatable bonds is 1. The van der Waals surface area contributed by atoms with Gasteiger partial charge in [0.15, 0.2) is 0 Å². The normalized spacial score (nSPS) is 10.2. The lowest BCUT2D eigenvalue weighted by molar-refractivity contribution is -0.137. The molecule has 0 saturated carbocycles. The highest BCUT2D eigenvalue weighted by atomic mass is 32.1. The van der Waals surface area contributed by atoms with Gasteiger partial charge in [0.2, 0.25) is 0 Å². The van der Waals surface area contributed by atoms with Crippen LogP contribution in [0.4, 0.5) is 18.9 Å². The first-order valence-electron chi connectivity index (χ1n) is 4.02. The van der Waals surface area contributed by atoms with Crippen LogP contribution in [-0.2, 0) is 11.0 Å². The summed E-state index contributed by atoms with van der Waals surface area (Å²) in [4.78, 5) is 9.29. The number of halogens is 3. The Morgan fingerprint density at radius 3 is 2.19 bits per heavy atom. The molecule has 0 aromatic heterocycles. The molecule has 0 fully saturated rings. The molecule has 0 heterocycles. The summed E-state index contributed by atoms with van der Waals surface area (Å²) in [6.45, 7) is 0. The maximum absolute atomic E-state index is 11.9. The number of benzene rings is 1. The second kappa shape index (κ2) is 6.26. The number of nitrogens with two attached hydrogens (primary N) is 1. The van der Waals surface area contributed by atoms with E-state index in [2.05, 4.69) is 12.6 Å². The average molecular weight is 253 g/mol. The number of carboxylic acids is 1. The molecule has 1 aromatic carbocycles. The largest absolute Gasteiger partial charge is 0.481 e. The molecule has 0 unspecified atom stereocenters. The van der Waals surface area contributed by atoms with Crippen LogP contribution in [0.5, 0.6) is 0 Å². The maximum Gasteiger partial charge on any atom is 0.416 e. The average Bonchev–Trinajstić information content (AvgIpc) is 2.17. The van der Waals surface area contributed by atoms with Crippen LogP contribution < -0.4 is 5.73 Å². The molecule has 3 nitrogen and oxygen atoms in total. The third kappa shape index (κ3) is 6.18. The lowest BCUT2D eigenvalue weighted by Crippen LogP contribution is -2.04. The summed E-state index contributed by atoms with van der Waals surface area (Å²) in [5.74, 6) is -0.965. The summed E-state index contributed by atoms with van der Waals surface area (Å²) < 4.78 is 35.7. The Hall–Kier alpha value is -1.37. The molecule has 0 saturated heterocycles. The van der Waals surface area contributed by atoms with Crippen LogP contribution in [0.25, 0.3) is 0 Å². The molecule has 0 radical (unpaired) electrons. The zero-order valence-electron chi connectivity index (χ0n) is 8.03. The van der Waals surface area contributed by atoms with E-state index in [0.717, 1.165) is 12.1 Å². The van der Waals surface area contributed by atoms with Gasteiger partial charge in [-0.05, 0) is 18.2 Å². The van der Waals surface area contributed by atoms with Crippen LogP contribution in [0, 0.1) is 0 Å². The fourth-order valence-corrected chi connectivity index (χ4v) is 0.715. The topological polar surface area (TPSA) is 63.3 Å². The third-order valence-corrected chi connectivity index (χ3v) is 1.62. The summed E-state index contributed by atoms with van der Waals surface area (Å²) >= 11 is 3.42. The van der Waals surface area contributed by atoms with Gasteiger partial charge in [-0.3, -0.25) is 4.79 Å². The van der Waals surface area contributed by atoms with E-state index in [1.165, 1.54) is 12.1 Å². The van der Waals surface area contributed by atoms with Crippen molar-refractivity contribution in [3.8, 4) is 0 Å². The van der Waals surface area contributed by atoms with Crippen molar-refractivity contribution in [2.24, 2.45) is 0 Å². The number of thiol groups is 1. The summed E-state index contributed by atoms with van der Waals surface area (Å²) in [5.41, 5.74) is 4.57. The van der Waals surface area contributed by atoms with Crippen LogP contribution >= 0.6 is 12.6 Å². The molecule has 16 heavy (non-hydrogen) atoms. The Kier molecular flexibility index (Phi) is 5.73. The second-order valence-corrected chi connectivity index (χ2v) is 2.99. The van der Waals surface area contributed by atoms with Crippen LogP contribution in [0.2, 0.25) is 0 Å². The highest BCUT2D eigenvalue weighted by molar-refractivity contribution is 7.81. The highest BCUT2D eigenvalue weighted by Crippen LogP contribution is 2.29. The Balaban J connectivity index is 0.000000385. The first-order valence-corrected chi connectivity index (χ1v) is 4.66. The summed E-state index contributed by atoms with van der Waals surface area (Å²) in [6, 6.07) is 4.57. The van der Waals surface area contributed by atoms with Crippen molar-refractivity contribution in [3.05, 3.63) is 29.8 Å². The lowest BCUT2D eigenvalue weighted by Gasteiger charge is -2.05. The second-order valence-electron chi connectivity index (χ2n) is 2.68. The molecule has 0 bridgehead atoms. The van der Waals surface area contributed by atoms with Crippen molar-refractivity contribution in [1.29, 1.82) is 0 Å². The summed E-state index contributed by atoms with van der Waals surface area (Å²) in [7, 11) is 0. The molecular formula is C9H10F3NO2S. The molecular weight excluding hydrogens is 243 g/mol. The molecule has 0 spiro atoms. The zero-order chi connectivity index (χ0) is 12.8. The number of anilines is 1. The minimum Gasteiger partial charge on any atom is -0.481 e. The van der Waals surface area contributed by atoms with Gasteiger partial charge in [-0.1, -0.05) is 6.07 Å². The quantitative estimate of drug-likeness (QED) is 0.531. The Morgan fingerprint density at radius 1 is 1.44 bits per heavy atom. The van der Waals surface area contributed by atoms with Crippen LogP contribution in [0.1, 0.15) is 5.56 Å². The number of hydrogen-bond acceptors (Lipinski definition) is 3. The van der Waals surface area contributed by atoms with Crippen molar-refractivity contribution >= 4 is 24.3 Å². The van der Waals surface area contributed by atoms with Crippen molar-refractivity contribution < 1.29 is 23.1 Å². The van der Waals surface area contributed by atoms with E-state index in [1.807, 2.05) is 0 Å². The van der Waals surface area contributed by atoms with E-state index in [9.17, 15) is 18.0 Å². The molecule has 3 N–H and O–H groups in total. The standard InChI is InChI=1S/C7H6F3N.C2H4O2S/c8-7(9,10)5-2-1-3-6(11)4-5;3-2(4)1-5/h1-4H,11H2;5H,1H2,(H,3,4). The first kappa shape index (κ1) is 14.6. The lowest BCUT2D eigenvalue weighted by atomic mass is 10.2. The van der Waals surface area contributed by atoms with Gasteiger partial charge in [0.25, 0.3) is 0 Å². The monoisotopic (exact) mass is 253 g/mol. The van der Waals surface area contributed by atoms with E-state index >= 15 is 0 Å². The predicted molar refractivity (Wildman–Crippen MR) is 57.3 cm³/mol. The SMILES string of the molecule is Nc1cccc(C(F)(F)F)c1.O=C(O)CS. The fraction of sp³-hybridized carbons (Fsp3) is 0.222. The van der Waals surface area contributed by atoms with Gasteiger partial charge >= 0.3 is 12.1 Å². The number of alkyl halides is 3. The minimum atomic E-state index is -4.30. The number of aliphatic carboxylic acids is 1. The molecule has 0 aliphatic carbocycles. The van der Waals surface area contributed by atoms with E-state index in [1.54, 1.807) is 0 Å². The van der Waals surface area contributed by atoms with Crippen molar-refractivity contribution in [3.63, 3.8) is 0 Å². The highest BCUT2D eigenvalue weighted by Gasteiger charge is 2.30. The number of nitrogen functional groups attached to an aromatic ring is 1. The first-order chi connectivity index (χ1) is 7.27. The summed E-state index contributed by atoms with van der Waals surface area (Å²) in [5, 5.41) is 7.65. The van der Waals surface area contributed by atoms with Crippen molar-refractivity contribution in [1.82, 2.24) is 0 Å². The Morgan fingerprint density at radius 2 is 1.94 bits per heavy atom. The van der Waals surface area contributed by atoms with Crippen molar-refractivity contribution in [2.45, 2.75) is 6.18 Å². The Bertz CT molecular complexity index is 355. The van der Waals surface area contributed by atoms with Gasteiger partial charge in [0, 0.05) is 5.69 Å². The smallest absolute Gasteiger partial charge is 0.416 e. The number of carboxylic acid groups (broad SMARTS) is 1. The van der Waals surface area contributed by atoms with E-state index in [-0.39, 0.29) is 11.4 Å². The van der Waals surface area contributed by atoms with Gasteiger partial charge in [0.05, 0.1) is 11.3 Å². The van der Waals surface area contributed by atoms with Crippen LogP contribution in [-0.4, -0.2) is 16.8 Å². The van der Waals surface area contributed by atoms with Gasteiger partial charge in [-0.2, -0.15) is 25.8 Å². The molecule has 0 aliphatic rings. The molecule has 7 heteroatoms. The molecule has 1 aromatic rings. The zero-order valence-corrected chi connectivity index (χ0v) is 8.92. The fourth-order valence-electron chi connectivity index (χ4n) is 0.715. The minimum absolute atomic E-state index is 0.0833. The van der Waals surface area contributed by atoms with Gasteiger partial charge in [-0.25, -0.2) is 0 Å². The molecule has 0 atom stereocenters. The maximum atomic E-state index is 11.9. The van der Waals surface area contributed by atoms with Crippen LogP contribution in [0.3, 0.4) is 0 Å².